The number of aliphatic hydroxyl groups excluding tert-OH is 1. The molecule has 0 aliphatic heterocycles. The molecule has 0 fully saturated rings. The number of hydrogen-bond donors (Lipinski definition) is 5. The molecule has 0 saturated carbocycles. The standard InChI is InChI=1S/C19H26F3N3O5/c1-11(2)8-14(25-18(29)30)16(27)24-13(9-12-6-4-3-5-7-12)15(26)17(28)23-10-19(20,21)22/h3-7,11,13-15,25-26H,8-10H2,1-2H3,(H,23,28)(H,24,27)(H,29,30)/t13-,14-,15?/m0/s1. The maximum atomic E-state index is 12.6. The lowest BCUT2D eigenvalue weighted by Gasteiger charge is -2.27. The van der Waals surface area contributed by atoms with Crippen LogP contribution in [0.5, 0.6) is 0 Å². The molecule has 5 N–H and O–H groups in total. The van der Waals surface area contributed by atoms with Crippen LogP contribution in [-0.4, -0.2) is 59.0 Å². The zero-order valence-electron chi connectivity index (χ0n) is 16.6. The van der Waals surface area contributed by atoms with Gasteiger partial charge in [0.2, 0.25) is 5.91 Å². The molecule has 11 heteroatoms. The van der Waals surface area contributed by atoms with Gasteiger partial charge in [-0.05, 0) is 24.3 Å². The van der Waals surface area contributed by atoms with Crippen LogP contribution in [0.15, 0.2) is 30.3 Å². The summed E-state index contributed by atoms with van der Waals surface area (Å²) in [5, 5.41) is 25.3. The summed E-state index contributed by atoms with van der Waals surface area (Å²) in [6.07, 6.45) is -8.00. The van der Waals surface area contributed by atoms with E-state index in [2.05, 4.69) is 10.6 Å². The van der Waals surface area contributed by atoms with Crippen LogP contribution in [0.1, 0.15) is 25.8 Å². The van der Waals surface area contributed by atoms with Crippen LogP contribution in [0.2, 0.25) is 0 Å². The van der Waals surface area contributed by atoms with Gasteiger partial charge < -0.3 is 26.2 Å². The summed E-state index contributed by atoms with van der Waals surface area (Å²) in [7, 11) is 0. The van der Waals surface area contributed by atoms with E-state index in [1.54, 1.807) is 49.5 Å². The molecule has 1 aromatic carbocycles. The first-order valence-electron chi connectivity index (χ1n) is 9.25. The van der Waals surface area contributed by atoms with Gasteiger partial charge in [-0.2, -0.15) is 13.2 Å². The lowest BCUT2D eigenvalue weighted by molar-refractivity contribution is -0.145. The number of carboxylic acid groups (broad SMARTS) is 1. The van der Waals surface area contributed by atoms with Crippen LogP contribution < -0.4 is 16.0 Å². The predicted molar refractivity (Wildman–Crippen MR) is 102 cm³/mol. The topological polar surface area (TPSA) is 128 Å². The molecule has 168 valence electrons. The highest BCUT2D eigenvalue weighted by Gasteiger charge is 2.34. The first-order chi connectivity index (χ1) is 13.9. The molecule has 0 aliphatic rings. The Kier molecular flexibility index (Phi) is 9.57. The molecule has 30 heavy (non-hydrogen) atoms. The first kappa shape index (κ1) is 25.2. The molecule has 0 bridgehead atoms. The summed E-state index contributed by atoms with van der Waals surface area (Å²) in [6.45, 7) is 1.90. The molecule has 3 amide bonds. The number of carbonyl (C=O) groups excluding carboxylic acids is 2. The van der Waals surface area contributed by atoms with Gasteiger partial charge >= 0.3 is 12.3 Å². The highest BCUT2D eigenvalue weighted by atomic mass is 19.4. The first-order valence-corrected chi connectivity index (χ1v) is 9.25. The molecular formula is C19H26F3N3O5. The van der Waals surface area contributed by atoms with E-state index in [1.807, 2.05) is 0 Å². The number of nitrogens with one attached hydrogen (secondary N) is 3. The third-order valence-corrected chi connectivity index (χ3v) is 4.06. The van der Waals surface area contributed by atoms with Crippen molar-refractivity contribution in [2.24, 2.45) is 5.92 Å². The van der Waals surface area contributed by atoms with Gasteiger partial charge in [-0.25, -0.2) is 4.79 Å². The van der Waals surface area contributed by atoms with Crippen molar-refractivity contribution in [1.82, 2.24) is 16.0 Å². The molecule has 3 atom stereocenters. The molecule has 0 saturated heterocycles. The maximum Gasteiger partial charge on any atom is 0.405 e. The van der Waals surface area contributed by atoms with E-state index >= 15 is 0 Å². The average Bonchev–Trinajstić information content (AvgIpc) is 2.63. The molecule has 0 aliphatic carbocycles. The number of benzene rings is 1. The largest absolute Gasteiger partial charge is 0.465 e. The van der Waals surface area contributed by atoms with E-state index in [0.717, 1.165) is 0 Å². The third-order valence-electron chi connectivity index (χ3n) is 4.06. The minimum absolute atomic E-state index is 0.0554. The van der Waals surface area contributed by atoms with E-state index in [-0.39, 0.29) is 18.8 Å². The normalized spacial score (nSPS) is 14.5. The summed E-state index contributed by atoms with van der Waals surface area (Å²) < 4.78 is 37.1. The van der Waals surface area contributed by atoms with E-state index in [1.165, 1.54) is 0 Å². The molecule has 0 aromatic heterocycles. The smallest absolute Gasteiger partial charge is 0.405 e. The maximum absolute atomic E-state index is 12.6. The fraction of sp³-hybridized carbons (Fsp3) is 0.526. The van der Waals surface area contributed by atoms with Gasteiger partial charge in [0.25, 0.3) is 5.91 Å². The van der Waals surface area contributed by atoms with Crippen LogP contribution in [0, 0.1) is 5.92 Å². The Morgan fingerprint density at radius 1 is 1.03 bits per heavy atom. The Morgan fingerprint density at radius 3 is 2.13 bits per heavy atom. The van der Waals surface area contributed by atoms with Gasteiger partial charge in [0, 0.05) is 0 Å². The highest BCUT2D eigenvalue weighted by molar-refractivity contribution is 5.87. The molecule has 0 spiro atoms. The van der Waals surface area contributed by atoms with Crippen molar-refractivity contribution in [2.45, 2.75) is 51.1 Å². The van der Waals surface area contributed by atoms with Gasteiger partial charge in [0.15, 0.2) is 6.10 Å². The summed E-state index contributed by atoms with van der Waals surface area (Å²) in [6, 6.07) is 5.94. The lowest BCUT2D eigenvalue weighted by Crippen LogP contribution is -2.56. The van der Waals surface area contributed by atoms with E-state index in [0.29, 0.717) is 5.56 Å². The Balaban J connectivity index is 2.99. The predicted octanol–water partition coefficient (Wildman–Crippen LogP) is 1.44. The summed E-state index contributed by atoms with van der Waals surface area (Å²) in [4.78, 5) is 35.6. The van der Waals surface area contributed by atoms with E-state index in [9.17, 15) is 32.7 Å². The van der Waals surface area contributed by atoms with Crippen LogP contribution in [-0.2, 0) is 16.0 Å². The Bertz CT molecular complexity index is 713. The van der Waals surface area contributed by atoms with Crippen molar-refractivity contribution >= 4 is 17.9 Å². The van der Waals surface area contributed by atoms with Crippen LogP contribution in [0.4, 0.5) is 18.0 Å². The summed E-state index contributed by atoms with van der Waals surface area (Å²) in [5.41, 5.74) is 0.608. The second kappa shape index (κ2) is 11.4. The van der Waals surface area contributed by atoms with Gasteiger partial charge in [-0.1, -0.05) is 44.2 Å². The Hall–Kier alpha value is -2.82. The highest BCUT2D eigenvalue weighted by Crippen LogP contribution is 2.13. The second-order valence-corrected chi connectivity index (χ2v) is 7.21. The van der Waals surface area contributed by atoms with Crippen LogP contribution >= 0.6 is 0 Å². The molecule has 1 unspecified atom stereocenters. The molecule has 0 heterocycles. The summed E-state index contributed by atoms with van der Waals surface area (Å²) in [5.74, 6) is -2.16. The fourth-order valence-corrected chi connectivity index (χ4v) is 2.72. The van der Waals surface area contributed by atoms with E-state index in [4.69, 9.17) is 5.11 Å². The monoisotopic (exact) mass is 433 g/mol. The van der Waals surface area contributed by atoms with Gasteiger partial charge in [-0.15, -0.1) is 0 Å². The summed E-state index contributed by atoms with van der Waals surface area (Å²) >= 11 is 0. The zero-order chi connectivity index (χ0) is 22.9. The van der Waals surface area contributed by atoms with E-state index < -0.39 is 48.8 Å². The minimum atomic E-state index is -4.67. The molecule has 1 rings (SSSR count). The van der Waals surface area contributed by atoms with Crippen molar-refractivity contribution in [3.05, 3.63) is 35.9 Å². The average molecular weight is 433 g/mol. The number of carbonyl (C=O) groups is 3. The molecular weight excluding hydrogens is 407 g/mol. The fourth-order valence-electron chi connectivity index (χ4n) is 2.72. The third kappa shape index (κ3) is 9.59. The second-order valence-electron chi connectivity index (χ2n) is 7.21. The van der Waals surface area contributed by atoms with Crippen molar-refractivity contribution in [3.8, 4) is 0 Å². The number of hydrogen-bond acceptors (Lipinski definition) is 4. The molecule has 0 radical (unpaired) electrons. The molecule has 8 nitrogen and oxygen atoms in total. The van der Waals surface area contributed by atoms with Crippen molar-refractivity contribution in [1.29, 1.82) is 0 Å². The SMILES string of the molecule is CC(C)C[C@H](NC(=O)O)C(=O)N[C@@H](Cc1ccccc1)C(O)C(=O)NCC(F)(F)F. The van der Waals surface area contributed by atoms with Crippen LogP contribution in [0.25, 0.3) is 0 Å². The number of aliphatic hydroxyl groups is 1. The van der Waals surface area contributed by atoms with Crippen LogP contribution in [0.3, 0.4) is 0 Å². The van der Waals surface area contributed by atoms with Gasteiger partial charge in [0.05, 0.1) is 6.04 Å². The number of amides is 3. The number of halogens is 3. The molecule has 1 aromatic rings. The number of alkyl halides is 3. The van der Waals surface area contributed by atoms with Gasteiger partial charge in [0.1, 0.15) is 12.6 Å². The Morgan fingerprint density at radius 2 is 1.63 bits per heavy atom. The minimum Gasteiger partial charge on any atom is -0.465 e. The number of rotatable bonds is 10. The van der Waals surface area contributed by atoms with Gasteiger partial charge in [-0.3, -0.25) is 9.59 Å². The van der Waals surface area contributed by atoms with Crippen molar-refractivity contribution in [3.63, 3.8) is 0 Å². The van der Waals surface area contributed by atoms with Crippen molar-refractivity contribution in [2.75, 3.05) is 6.54 Å². The van der Waals surface area contributed by atoms with Crippen molar-refractivity contribution < 1.29 is 37.8 Å². The zero-order valence-corrected chi connectivity index (χ0v) is 16.6. The Labute approximate surface area is 171 Å². The quantitative estimate of drug-likeness (QED) is 0.382. The lowest BCUT2D eigenvalue weighted by atomic mass is 9.98.